The SMILES string of the molecule is CC(C)=C1C[C@@H](O)/C=C(/C)CC[C@@H]2/C(=C\C=C\C(C)(C)O)C(=O)OC[C@@H]12. The van der Waals surface area contributed by atoms with Crippen molar-refractivity contribution < 1.29 is 19.7 Å². The molecule has 144 valence electrons. The van der Waals surface area contributed by atoms with Gasteiger partial charge in [0.15, 0.2) is 0 Å². The fourth-order valence-electron chi connectivity index (χ4n) is 3.82. The Morgan fingerprint density at radius 2 is 2.00 bits per heavy atom. The molecule has 4 heteroatoms. The standard InChI is InChI=1S/C22H32O4/c1-14(2)19-12-16(23)11-15(3)8-9-17-18(7-6-10-22(4,5)25)21(24)26-13-20(17)19/h6-7,10-11,16-17,20,23,25H,8-9,12-13H2,1-5H3/b10-6+,15-11-,18-7+/t16-,17+,20+/m0/s1. The van der Waals surface area contributed by atoms with E-state index < -0.39 is 11.7 Å². The lowest BCUT2D eigenvalue weighted by atomic mass is 9.74. The molecule has 26 heavy (non-hydrogen) atoms. The van der Waals surface area contributed by atoms with Gasteiger partial charge in [0.05, 0.1) is 18.3 Å². The minimum absolute atomic E-state index is 0.0567. The molecule has 0 aromatic rings. The maximum Gasteiger partial charge on any atom is 0.334 e. The Morgan fingerprint density at radius 3 is 2.62 bits per heavy atom. The van der Waals surface area contributed by atoms with Crippen LogP contribution in [0.1, 0.15) is 53.9 Å². The van der Waals surface area contributed by atoms with E-state index in [1.807, 2.05) is 13.0 Å². The molecule has 4 nitrogen and oxygen atoms in total. The molecule has 1 fully saturated rings. The third-order valence-corrected chi connectivity index (χ3v) is 5.14. The van der Waals surface area contributed by atoms with Gasteiger partial charge in [-0.05, 0) is 53.9 Å². The smallest absolute Gasteiger partial charge is 0.334 e. The van der Waals surface area contributed by atoms with Crippen molar-refractivity contribution in [2.45, 2.75) is 65.6 Å². The van der Waals surface area contributed by atoms with Crippen molar-refractivity contribution in [3.8, 4) is 0 Å². The number of hydrogen-bond donors (Lipinski definition) is 2. The van der Waals surface area contributed by atoms with Crippen LogP contribution in [0.4, 0.5) is 0 Å². The van der Waals surface area contributed by atoms with E-state index in [1.54, 1.807) is 32.1 Å². The summed E-state index contributed by atoms with van der Waals surface area (Å²) in [4.78, 5) is 12.4. The van der Waals surface area contributed by atoms with E-state index in [4.69, 9.17) is 4.74 Å². The highest BCUT2D eigenvalue weighted by Gasteiger charge is 2.38. The van der Waals surface area contributed by atoms with Crippen LogP contribution in [0.25, 0.3) is 0 Å². The summed E-state index contributed by atoms with van der Waals surface area (Å²) in [5.41, 5.74) is 3.23. The van der Waals surface area contributed by atoms with Crippen molar-refractivity contribution >= 4 is 5.97 Å². The molecule has 1 aliphatic heterocycles. The number of ether oxygens (including phenoxy) is 1. The molecule has 0 bridgehead atoms. The Balaban J connectivity index is 2.44. The summed E-state index contributed by atoms with van der Waals surface area (Å²) in [6.07, 6.45) is 8.88. The third kappa shape index (κ3) is 5.42. The third-order valence-electron chi connectivity index (χ3n) is 5.14. The van der Waals surface area contributed by atoms with Crippen LogP contribution >= 0.6 is 0 Å². The predicted molar refractivity (Wildman–Crippen MR) is 103 cm³/mol. The summed E-state index contributed by atoms with van der Waals surface area (Å²) in [6.45, 7) is 9.90. The number of carbonyl (C=O) groups is 1. The lowest BCUT2D eigenvalue weighted by Crippen LogP contribution is -2.35. The van der Waals surface area contributed by atoms with Gasteiger partial charge in [-0.3, -0.25) is 0 Å². The Kier molecular flexibility index (Phi) is 6.64. The van der Waals surface area contributed by atoms with Crippen LogP contribution in [0.3, 0.4) is 0 Å². The number of rotatable bonds is 2. The predicted octanol–water partition coefficient (Wildman–Crippen LogP) is 3.86. The maximum atomic E-state index is 12.4. The second-order valence-electron chi connectivity index (χ2n) is 8.29. The average Bonchev–Trinajstić information content (AvgIpc) is 2.56. The van der Waals surface area contributed by atoms with Gasteiger partial charge >= 0.3 is 5.97 Å². The molecule has 2 aliphatic rings. The van der Waals surface area contributed by atoms with Gasteiger partial charge in [-0.1, -0.05) is 41.0 Å². The molecule has 1 saturated heterocycles. The largest absolute Gasteiger partial charge is 0.462 e. The van der Waals surface area contributed by atoms with Gasteiger partial charge in [-0.25, -0.2) is 4.79 Å². The van der Waals surface area contributed by atoms with E-state index in [1.165, 1.54) is 11.1 Å². The molecular formula is C22H32O4. The van der Waals surface area contributed by atoms with E-state index in [-0.39, 0.29) is 17.8 Å². The fourth-order valence-corrected chi connectivity index (χ4v) is 3.82. The van der Waals surface area contributed by atoms with Crippen LogP contribution in [0.5, 0.6) is 0 Å². The van der Waals surface area contributed by atoms with Crippen LogP contribution in [0.2, 0.25) is 0 Å². The number of hydrogen-bond acceptors (Lipinski definition) is 4. The van der Waals surface area contributed by atoms with Gasteiger partial charge in [0.1, 0.15) is 0 Å². The summed E-state index contributed by atoms with van der Waals surface area (Å²) < 4.78 is 5.49. The molecule has 1 heterocycles. The van der Waals surface area contributed by atoms with Gasteiger partial charge in [0.2, 0.25) is 0 Å². The number of fused-ring (bicyclic) bond motifs is 1. The summed E-state index contributed by atoms with van der Waals surface area (Å²) >= 11 is 0. The number of aliphatic hydroxyl groups is 2. The van der Waals surface area contributed by atoms with Gasteiger partial charge in [0.25, 0.3) is 0 Å². The second-order valence-corrected chi connectivity index (χ2v) is 8.29. The summed E-state index contributed by atoms with van der Waals surface area (Å²) in [7, 11) is 0. The number of allylic oxidation sites excluding steroid dienone is 4. The van der Waals surface area contributed by atoms with Crippen molar-refractivity contribution in [2.75, 3.05) is 6.61 Å². The quantitative estimate of drug-likeness (QED) is 0.446. The van der Waals surface area contributed by atoms with Gasteiger partial charge in [-0.2, -0.15) is 0 Å². The summed E-state index contributed by atoms with van der Waals surface area (Å²) in [6, 6.07) is 0. The monoisotopic (exact) mass is 360 g/mol. The molecule has 0 radical (unpaired) electrons. The number of esters is 1. The Labute approximate surface area is 156 Å². The zero-order chi connectivity index (χ0) is 19.5. The highest BCUT2D eigenvalue weighted by molar-refractivity contribution is 5.90. The minimum atomic E-state index is -0.929. The number of aliphatic hydroxyl groups excluding tert-OH is 1. The van der Waals surface area contributed by atoms with Crippen molar-refractivity contribution in [1.82, 2.24) is 0 Å². The lowest BCUT2D eigenvalue weighted by Gasteiger charge is -2.35. The normalized spacial score (nSPS) is 31.6. The Morgan fingerprint density at radius 1 is 1.31 bits per heavy atom. The van der Waals surface area contributed by atoms with Crippen LogP contribution in [0.15, 0.2) is 46.6 Å². The van der Waals surface area contributed by atoms with E-state index in [0.29, 0.717) is 18.6 Å². The summed E-state index contributed by atoms with van der Waals surface area (Å²) in [5.74, 6) is -0.129. The first-order valence-corrected chi connectivity index (χ1v) is 9.39. The van der Waals surface area contributed by atoms with E-state index in [9.17, 15) is 15.0 Å². The molecule has 0 unspecified atom stereocenters. The van der Waals surface area contributed by atoms with Crippen molar-refractivity contribution in [3.63, 3.8) is 0 Å². The second kappa shape index (κ2) is 8.36. The molecule has 2 rings (SSSR count). The number of cyclic esters (lactones) is 1. The molecular weight excluding hydrogens is 328 g/mol. The highest BCUT2D eigenvalue weighted by atomic mass is 16.5. The Hall–Kier alpha value is -1.65. The first-order chi connectivity index (χ1) is 12.1. The summed E-state index contributed by atoms with van der Waals surface area (Å²) in [5, 5.41) is 20.3. The molecule has 0 saturated carbocycles. The minimum Gasteiger partial charge on any atom is -0.462 e. The van der Waals surface area contributed by atoms with Crippen LogP contribution < -0.4 is 0 Å². The zero-order valence-electron chi connectivity index (χ0n) is 16.6. The molecule has 3 atom stereocenters. The van der Waals surface area contributed by atoms with E-state index >= 15 is 0 Å². The van der Waals surface area contributed by atoms with E-state index in [0.717, 1.165) is 18.4 Å². The molecule has 0 aromatic heterocycles. The maximum absolute atomic E-state index is 12.4. The Bertz CT molecular complexity index is 654. The van der Waals surface area contributed by atoms with Crippen molar-refractivity contribution in [1.29, 1.82) is 0 Å². The fraction of sp³-hybridized carbons (Fsp3) is 0.591. The van der Waals surface area contributed by atoms with Gasteiger partial charge in [-0.15, -0.1) is 0 Å². The molecule has 2 N–H and O–H groups in total. The van der Waals surface area contributed by atoms with Crippen LogP contribution in [0, 0.1) is 11.8 Å². The highest BCUT2D eigenvalue weighted by Crippen LogP contribution is 2.40. The molecule has 0 amide bonds. The van der Waals surface area contributed by atoms with Gasteiger partial charge < -0.3 is 14.9 Å². The van der Waals surface area contributed by atoms with E-state index in [2.05, 4.69) is 13.8 Å². The molecule has 1 aliphatic carbocycles. The zero-order valence-corrected chi connectivity index (χ0v) is 16.6. The number of carbonyl (C=O) groups excluding carboxylic acids is 1. The van der Waals surface area contributed by atoms with Crippen molar-refractivity contribution in [3.05, 3.63) is 46.6 Å². The molecule has 0 aromatic carbocycles. The molecule has 0 spiro atoms. The van der Waals surface area contributed by atoms with Crippen molar-refractivity contribution in [2.24, 2.45) is 11.8 Å². The van der Waals surface area contributed by atoms with Crippen LogP contribution in [-0.2, 0) is 9.53 Å². The topological polar surface area (TPSA) is 66.8 Å². The average molecular weight is 360 g/mol. The first-order valence-electron chi connectivity index (χ1n) is 9.39. The first kappa shape index (κ1) is 20.7. The van der Waals surface area contributed by atoms with Gasteiger partial charge in [0, 0.05) is 17.4 Å². The lowest BCUT2D eigenvalue weighted by molar-refractivity contribution is -0.144. The van der Waals surface area contributed by atoms with Crippen LogP contribution in [-0.4, -0.2) is 34.5 Å².